The van der Waals surface area contributed by atoms with E-state index in [2.05, 4.69) is 42.6 Å². The number of ether oxygens (including phenoxy) is 1. The van der Waals surface area contributed by atoms with Gasteiger partial charge in [0.25, 0.3) is 5.69 Å². The zero-order chi connectivity index (χ0) is 22.2. The summed E-state index contributed by atoms with van der Waals surface area (Å²) in [6.07, 6.45) is 5.58. The molecule has 0 saturated heterocycles. The lowest BCUT2D eigenvalue weighted by atomic mass is 9.76. The summed E-state index contributed by atoms with van der Waals surface area (Å²) in [5.41, 5.74) is 5.75. The Morgan fingerprint density at radius 2 is 1.84 bits per heavy atom. The molecular weight excluding hydrogens is 424 g/mol. The molecular formula is C26H23ClN2O3. The molecule has 2 aliphatic rings. The van der Waals surface area contributed by atoms with Crippen LogP contribution in [-0.2, 0) is 6.61 Å². The SMILES string of the molecule is Cc1ccc(Cl)c2c1N[C@H](c1ccc(OCc3ccc([N+](=O)[O-])cc3)cc1)C1CC=CC21. The van der Waals surface area contributed by atoms with Crippen molar-refractivity contribution < 1.29 is 9.66 Å². The molecule has 5 rings (SSSR count). The van der Waals surface area contributed by atoms with Crippen molar-refractivity contribution in [2.24, 2.45) is 5.92 Å². The van der Waals surface area contributed by atoms with E-state index < -0.39 is 4.92 Å². The first-order valence-electron chi connectivity index (χ1n) is 10.7. The van der Waals surface area contributed by atoms with E-state index in [9.17, 15) is 10.1 Å². The van der Waals surface area contributed by atoms with E-state index >= 15 is 0 Å². The quantitative estimate of drug-likeness (QED) is 0.261. The van der Waals surface area contributed by atoms with Gasteiger partial charge in [0.05, 0.1) is 11.0 Å². The summed E-state index contributed by atoms with van der Waals surface area (Å²) in [6.45, 7) is 2.48. The molecule has 2 unspecified atom stereocenters. The van der Waals surface area contributed by atoms with Crippen LogP contribution >= 0.6 is 11.6 Å². The Morgan fingerprint density at radius 1 is 1.09 bits per heavy atom. The van der Waals surface area contributed by atoms with Crippen molar-refractivity contribution in [3.8, 4) is 5.75 Å². The zero-order valence-corrected chi connectivity index (χ0v) is 18.4. The number of benzene rings is 3. The molecule has 3 atom stereocenters. The predicted molar refractivity (Wildman–Crippen MR) is 126 cm³/mol. The van der Waals surface area contributed by atoms with Crippen LogP contribution in [0.4, 0.5) is 11.4 Å². The summed E-state index contributed by atoms with van der Waals surface area (Å²) in [7, 11) is 0. The molecule has 1 heterocycles. The largest absolute Gasteiger partial charge is 0.489 e. The van der Waals surface area contributed by atoms with Crippen molar-refractivity contribution in [2.75, 3.05) is 5.32 Å². The van der Waals surface area contributed by atoms with Gasteiger partial charge in [-0.15, -0.1) is 0 Å². The number of nitro benzene ring substituents is 1. The number of nitrogens with one attached hydrogen (secondary N) is 1. The van der Waals surface area contributed by atoms with Gasteiger partial charge < -0.3 is 10.1 Å². The summed E-state index contributed by atoms with van der Waals surface area (Å²) in [5.74, 6) is 1.51. The Hall–Kier alpha value is -3.31. The first-order valence-corrected chi connectivity index (χ1v) is 11.1. The molecule has 6 heteroatoms. The monoisotopic (exact) mass is 446 g/mol. The van der Waals surface area contributed by atoms with Crippen molar-refractivity contribution in [1.82, 2.24) is 0 Å². The van der Waals surface area contributed by atoms with Gasteiger partial charge in [-0.2, -0.15) is 0 Å². The minimum Gasteiger partial charge on any atom is -0.489 e. The minimum absolute atomic E-state index is 0.0795. The van der Waals surface area contributed by atoms with Crippen LogP contribution in [0.5, 0.6) is 5.75 Å². The number of non-ortho nitro benzene ring substituents is 1. The van der Waals surface area contributed by atoms with Gasteiger partial charge in [0, 0.05) is 34.3 Å². The number of nitrogens with zero attached hydrogens (tertiary/aromatic N) is 1. The Labute approximate surface area is 191 Å². The van der Waals surface area contributed by atoms with E-state index in [-0.39, 0.29) is 11.7 Å². The highest BCUT2D eigenvalue weighted by molar-refractivity contribution is 6.32. The number of nitro groups is 1. The molecule has 0 spiro atoms. The van der Waals surface area contributed by atoms with Crippen LogP contribution in [0.15, 0.2) is 72.8 Å². The number of allylic oxidation sites excluding steroid dienone is 2. The smallest absolute Gasteiger partial charge is 0.269 e. The van der Waals surface area contributed by atoms with Gasteiger partial charge in [0.1, 0.15) is 12.4 Å². The zero-order valence-electron chi connectivity index (χ0n) is 17.6. The number of halogens is 1. The molecule has 0 saturated carbocycles. The van der Waals surface area contributed by atoms with Crippen LogP contribution in [0.25, 0.3) is 0 Å². The molecule has 5 nitrogen and oxygen atoms in total. The third-order valence-electron chi connectivity index (χ3n) is 6.47. The number of anilines is 1. The van der Waals surface area contributed by atoms with E-state index in [0.717, 1.165) is 28.4 Å². The first kappa shape index (κ1) is 20.6. The van der Waals surface area contributed by atoms with E-state index in [1.165, 1.54) is 28.8 Å². The second-order valence-corrected chi connectivity index (χ2v) is 8.82. The van der Waals surface area contributed by atoms with Crippen molar-refractivity contribution in [3.05, 3.63) is 110 Å². The van der Waals surface area contributed by atoms with Crippen LogP contribution in [-0.4, -0.2) is 4.92 Å². The van der Waals surface area contributed by atoms with Gasteiger partial charge in [-0.3, -0.25) is 10.1 Å². The lowest BCUT2D eigenvalue weighted by Gasteiger charge is -2.38. The Bertz CT molecular complexity index is 1190. The fourth-order valence-corrected chi connectivity index (χ4v) is 5.07. The maximum Gasteiger partial charge on any atom is 0.269 e. The highest BCUT2D eigenvalue weighted by atomic mass is 35.5. The average molecular weight is 447 g/mol. The van der Waals surface area contributed by atoms with Crippen LogP contribution in [0.3, 0.4) is 0 Å². The molecule has 3 aromatic rings. The molecule has 0 radical (unpaired) electrons. The third kappa shape index (κ3) is 3.73. The van der Waals surface area contributed by atoms with Gasteiger partial charge in [-0.05, 0) is 66.3 Å². The Morgan fingerprint density at radius 3 is 2.56 bits per heavy atom. The summed E-state index contributed by atoms with van der Waals surface area (Å²) in [4.78, 5) is 10.4. The second-order valence-electron chi connectivity index (χ2n) is 8.41. The van der Waals surface area contributed by atoms with Crippen molar-refractivity contribution >= 4 is 23.0 Å². The summed E-state index contributed by atoms with van der Waals surface area (Å²) in [6, 6.07) is 18.9. The fraction of sp³-hybridized carbons (Fsp3) is 0.231. The standard InChI is InChI=1S/C26H23ClN2O3/c1-16-5-14-23(27)24-21-3-2-4-22(21)26(28-25(16)24)18-8-12-20(13-9-18)32-15-17-6-10-19(11-7-17)29(30)31/h2-3,5-14,21-22,26,28H,4,15H2,1H3/t21?,22?,26-/m1/s1. The van der Waals surface area contributed by atoms with E-state index in [0.29, 0.717) is 18.4 Å². The predicted octanol–water partition coefficient (Wildman–Crippen LogP) is 6.96. The number of hydrogen-bond donors (Lipinski definition) is 1. The van der Waals surface area contributed by atoms with Gasteiger partial charge >= 0.3 is 0 Å². The van der Waals surface area contributed by atoms with Crippen molar-refractivity contribution in [2.45, 2.75) is 31.9 Å². The molecule has 0 aromatic heterocycles. The van der Waals surface area contributed by atoms with Crippen molar-refractivity contribution in [1.29, 1.82) is 0 Å². The molecule has 3 aromatic carbocycles. The first-order chi connectivity index (χ1) is 15.5. The van der Waals surface area contributed by atoms with Gasteiger partial charge in [-0.1, -0.05) is 42.0 Å². The van der Waals surface area contributed by atoms with E-state index in [1.807, 2.05) is 18.2 Å². The summed E-state index contributed by atoms with van der Waals surface area (Å²) >= 11 is 6.58. The van der Waals surface area contributed by atoms with Crippen LogP contribution in [0.2, 0.25) is 5.02 Å². The minimum atomic E-state index is -0.402. The summed E-state index contributed by atoms with van der Waals surface area (Å²) in [5, 5.41) is 15.4. The molecule has 1 aliphatic heterocycles. The van der Waals surface area contributed by atoms with Crippen molar-refractivity contribution in [3.63, 3.8) is 0 Å². The molecule has 0 bridgehead atoms. The van der Waals surface area contributed by atoms with E-state index in [4.69, 9.17) is 16.3 Å². The number of aryl methyl sites for hydroxylation is 1. The van der Waals surface area contributed by atoms with Crippen LogP contribution in [0, 0.1) is 23.0 Å². The molecule has 1 aliphatic carbocycles. The molecule has 1 N–H and O–H groups in total. The second kappa shape index (κ2) is 8.32. The topological polar surface area (TPSA) is 64.4 Å². The fourth-order valence-electron chi connectivity index (χ4n) is 4.79. The molecule has 0 fully saturated rings. The number of fused-ring (bicyclic) bond motifs is 3. The third-order valence-corrected chi connectivity index (χ3v) is 6.80. The molecule has 0 amide bonds. The van der Waals surface area contributed by atoms with Gasteiger partial charge in [-0.25, -0.2) is 0 Å². The maximum absolute atomic E-state index is 10.8. The highest BCUT2D eigenvalue weighted by Crippen LogP contribution is 2.52. The van der Waals surface area contributed by atoms with Gasteiger partial charge in [0.2, 0.25) is 0 Å². The molecule has 162 valence electrons. The van der Waals surface area contributed by atoms with E-state index in [1.54, 1.807) is 12.1 Å². The lowest BCUT2D eigenvalue weighted by molar-refractivity contribution is -0.384. The summed E-state index contributed by atoms with van der Waals surface area (Å²) < 4.78 is 5.89. The lowest BCUT2D eigenvalue weighted by Crippen LogP contribution is -2.29. The van der Waals surface area contributed by atoms with Crippen LogP contribution < -0.4 is 10.1 Å². The van der Waals surface area contributed by atoms with Crippen LogP contribution in [0.1, 0.15) is 40.6 Å². The number of rotatable bonds is 5. The average Bonchev–Trinajstić information content (AvgIpc) is 3.30. The Balaban J connectivity index is 1.33. The highest BCUT2D eigenvalue weighted by Gasteiger charge is 2.39. The maximum atomic E-state index is 10.8. The number of hydrogen-bond acceptors (Lipinski definition) is 4. The normalized spacial score (nSPS) is 20.9. The molecule has 32 heavy (non-hydrogen) atoms. The Kier molecular flexibility index (Phi) is 5.35. The van der Waals surface area contributed by atoms with Gasteiger partial charge in [0.15, 0.2) is 0 Å².